The fourth-order valence-electron chi connectivity index (χ4n) is 2.62. The highest BCUT2D eigenvalue weighted by Crippen LogP contribution is 2.34. The van der Waals surface area contributed by atoms with Gasteiger partial charge in [0.2, 0.25) is 0 Å². The van der Waals surface area contributed by atoms with E-state index in [0.717, 1.165) is 17.0 Å². The molecule has 1 amide bonds. The van der Waals surface area contributed by atoms with Gasteiger partial charge in [0.25, 0.3) is 5.91 Å². The number of carbonyl (C=O) groups is 1. The SMILES string of the molecule is Cc1cc(C)nc(SCC(=O)N/N=C\c2cc(Cl)c(OCc3ccccc3)c(Cl)c2)n1. The third-order valence-electron chi connectivity index (χ3n) is 3.94. The third-order valence-corrected chi connectivity index (χ3v) is 5.35. The number of aromatic nitrogens is 2. The number of nitrogens with one attached hydrogen (secondary N) is 1. The van der Waals surface area contributed by atoms with Crippen LogP contribution in [0.3, 0.4) is 0 Å². The van der Waals surface area contributed by atoms with Crippen LogP contribution >= 0.6 is 35.0 Å². The Morgan fingerprint density at radius 3 is 2.39 bits per heavy atom. The molecule has 0 spiro atoms. The Bertz CT molecular complexity index is 1050. The minimum absolute atomic E-state index is 0.147. The summed E-state index contributed by atoms with van der Waals surface area (Å²) in [6.45, 7) is 4.13. The van der Waals surface area contributed by atoms with Gasteiger partial charge in [0, 0.05) is 11.4 Å². The monoisotopic (exact) mass is 474 g/mol. The van der Waals surface area contributed by atoms with Crippen molar-refractivity contribution < 1.29 is 9.53 Å². The number of hydrogen-bond acceptors (Lipinski definition) is 6. The van der Waals surface area contributed by atoms with Crippen molar-refractivity contribution in [2.75, 3.05) is 5.75 Å². The lowest BCUT2D eigenvalue weighted by atomic mass is 10.2. The zero-order valence-corrected chi connectivity index (χ0v) is 19.3. The third kappa shape index (κ3) is 7.24. The van der Waals surface area contributed by atoms with E-state index in [1.165, 1.54) is 18.0 Å². The van der Waals surface area contributed by atoms with Gasteiger partial charge in [0.05, 0.1) is 22.0 Å². The van der Waals surface area contributed by atoms with Gasteiger partial charge in [-0.3, -0.25) is 4.79 Å². The van der Waals surface area contributed by atoms with E-state index >= 15 is 0 Å². The summed E-state index contributed by atoms with van der Waals surface area (Å²) in [6.07, 6.45) is 1.47. The second-order valence-electron chi connectivity index (χ2n) is 6.60. The van der Waals surface area contributed by atoms with E-state index in [2.05, 4.69) is 20.5 Å². The first-order valence-corrected chi connectivity index (χ1v) is 11.1. The molecule has 160 valence electrons. The van der Waals surface area contributed by atoms with Crippen LogP contribution in [0.1, 0.15) is 22.5 Å². The van der Waals surface area contributed by atoms with Crippen molar-refractivity contribution in [1.29, 1.82) is 0 Å². The average molecular weight is 475 g/mol. The Kier molecular flexibility index (Phi) is 8.28. The van der Waals surface area contributed by atoms with E-state index in [-0.39, 0.29) is 11.7 Å². The molecule has 0 aliphatic heterocycles. The second-order valence-corrected chi connectivity index (χ2v) is 8.36. The number of ether oxygens (including phenoxy) is 1. The van der Waals surface area contributed by atoms with E-state index in [1.54, 1.807) is 12.1 Å². The number of hydrogen-bond donors (Lipinski definition) is 1. The Morgan fingerprint density at radius 2 is 1.74 bits per heavy atom. The van der Waals surface area contributed by atoms with Gasteiger partial charge in [-0.05, 0) is 43.2 Å². The lowest BCUT2D eigenvalue weighted by Crippen LogP contribution is -2.19. The number of thioether (sulfide) groups is 1. The summed E-state index contributed by atoms with van der Waals surface area (Å²) < 4.78 is 5.75. The lowest BCUT2D eigenvalue weighted by molar-refractivity contribution is -0.118. The molecule has 0 saturated carbocycles. The first-order chi connectivity index (χ1) is 14.9. The topological polar surface area (TPSA) is 76.5 Å². The number of halogens is 2. The van der Waals surface area contributed by atoms with Crippen LogP contribution in [-0.2, 0) is 11.4 Å². The summed E-state index contributed by atoms with van der Waals surface area (Å²) in [4.78, 5) is 20.6. The number of carbonyl (C=O) groups excluding carboxylic acids is 1. The number of hydrazone groups is 1. The minimum Gasteiger partial charge on any atom is -0.486 e. The first kappa shape index (κ1) is 23.1. The second kappa shape index (κ2) is 11.1. The molecule has 0 aliphatic rings. The maximum atomic E-state index is 12.0. The highest BCUT2D eigenvalue weighted by molar-refractivity contribution is 7.99. The van der Waals surface area contributed by atoms with Gasteiger partial charge in [0.15, 0.2) is 10.9 Å². The van der Waals surface area contributed by atoms with Crippen LogP contribution in [0.15, 0.2) is 58.8 Å². The smallest absolute Gasteiger partial charge is 0.250 e. The van der Waals surface area contributed by atoms with Crippen molar-refractivity contribution >= 4 is 47.1 Å². The molecule has 2 aromatic carbocycles. The molecule has 0 saturated heterocycles. The van der Waals surface area contributed by atoms with Crippen molar-refractivity contribution in [1.82, 2.24) is 15.4 Å². The fraction of sp³-hybridized carbons (Fsp3) is 0.182. The molecule has 0 atom stereocenters. The minimum atomic E-state index is -0.274. The predicted molar refractivity (Wildman–Crippen MR) is 125 cm³/mol. The van der Waals surface area contributed by atoms with Crippen LogP contribution in [0, 0.1) is 13.8 Å². The quantitative estimate of drug-likeness (QED) is 0.209. The van der Waals surface area contributed by atoms with Crippen molar-refractivity contribution in [3.8, 4) is 5.75 Å². The molecule has 31 heavy (non-hydrogen) atoms. The van der Waals surface area contributed by atoms with Crippen LogP contribution in [0.5, 0.6) is 5.75 Å². The summed E-state index contributed by atoms with van der Waals surface area (Å²) >= 11 is 13.9. The largest absolute Gasteiger partial charge is 0.486 e. The standard InChI is InChI=1S/C22H20Cl2N4O2S/c1-14-8-15(2)27-22(26-14)31-13-20(29)28-25-11-17-9-18(23)21(19(24)10-17)30-12-16-6-4-3-5-7-16/h3-11H,12-13H2,1-2H3,(H,28,29)/b25-11-. The van der Waals surface area contributed by atoms with Gasteiger partial charge in [0.1, 0.15) is 6.61 Å². The molecule has 9 heteroatoms. The van der Waals surface area contributed by atoms with E-state index in [9.17, 15) is 4.79 Å². The van der Waals surface area contributed by atoms with Gasteiger partial charge >= 0.3 is 0 Å². The van der Waals surface area contributed by atoms with E-state index < -0.39 is 0 Å². The molecule has 0 radical (unpaired) electrons. The molecule has 3 aromatic rings. The fourth-order valence-corrected chi connectivity index (χ4v) is 3.98. The lowest BCUT2D eigenvalue weighted by Gasteiger charge is -2.11. The van der Waals surface area contributed by atoms with Crippen LogP contribution in [0.2, 0.25) is 10.0 Å². The van der Waals surface area contributed by atoms with Crippen LogP contribution in [0.25, 0.3) is 0 Å². The van der Waals surface area contributed by atoms with Crippen molar-refractivity contribution in [2.45, 2.75) is 25.6 Å². The van der Waals surface area contributed by atoms with Gasteiger partial charge in [-0.25, -0.2) is 15.4 Å². The molecule has 6 nitrogen and oxygen atoms in total. The molecule has 0 fully saturated rings. The van der Waals surface area contributed by atoms with Crippen molar-refractivity contribution in [2.24, 2.45) is 5.10 Å². The molecule has 1 heterocycles. The maximum absolute atomic E-state index is 12.0. The first-order valence-electron chi connectivity index (χ1n) is 9.33. The summed E-state index contributed by atoms with van der Waals surface area (Å²) in [5.74, 6) is 0.274. The van der Waals surface area contributed by atoms with Gasteiger partial charge < -0.3 is 4.74 Å². The number of aryl methyl sites for hydroxylation is 2. The Hall–Kier alpha value is -2.61. The summed E-state index contributed by atoms with van der Waals surface area (Å²) in [6, 6.07) is 14.9. The highest BCUT2D eigenvalue weighted by atomic mass is 35.5. The molecule has 0 unspecified atom stereocenters. The maximum Gasteiger partial charge on any atom is 0.250 e. The van der Waals surface area contributed by atoms with Crippen LogP contribution < -0.4 is 10.2 Å². The molecule has 1 aromatic heterocycles. The zero-order valence-electron chi connectivity index (χ0n) is 16.9. The van der Waals surface area contributed by atoms with E-state index in [1.807, 2.05) is 50.2 Å². The number of amides is 1. The normalized spacial score (nSPS) is 11.0. The number of nitrogens with zero attached hydrogens (tertiary/aromatic N) is 3. The molecule has 0 bridgehead atoms. The van der Waals surface area contributed by atoms with Crippen LogP contribution in [-0.4, -0.2) is 27.8 Å². The highest BCUT2D eigenvalue weighted by Gasteiger charge is 2.10. The summed E-state index contributed by atoms with van der Waals surface area (Å²) in [7, 11) is 0. The van der Waals surface area contributed by atoms with Gasteiger partial charge in [-0.2, -0.15) is 5.10 Å². The summed E-state index contributed by atoms with van der Waals surface area (Å²) in [5, 5.41) is 5.23. The Balaban J connectivity index is 1.53. The van der Waals surface area contributed by atoms with E-state index in [4.69, 9.17) is 27.9 Å². The predicted octanol–water partition coefficient (Wildman–Crippen LogP) is 5.22. The Morgan fingerprint density at radius 1 is 1.10 bits per heavy atom. The molecule has 3 rings (SSSR count). The number of benzene rings is 2. The molecule has 1 N–H and O–H groups in total. The molecular weight excluding hydrogens is 455 g/mol. The summed E-state index contributed by atoms with van der Waals surface area (Å²) in [5.41, 5.74) is 5.83. The van der Waals surface area contributed by atoms with Gasteiger partial charge in [-0.1, -0.05) is 65.3 Å². The van der Waals surface area contributed by atoms with E-state index in [0.29, 0.717) is 33.1 Å². The van der Waals surface area contributed by atoms with Crippen LogP contribution in [0.4, 0.5) is 0 Å². The Labute approximate surface area is 195 Å². The molecular formula is C22H20Cl2N4O2S. The average Bonchev–Trinajstić information content (AvgIpc) is 2.72. The van der Waals surface area contributed by atoms with Crippen molar-refractivity contribution in [3.05, 3.63) is 81.1 Å². The molecule has 0 aliphatic carbocycles. The van der Waals surface area contributed by atoms with Gasteiger partial charge in [-0.15, -0.1) is 0 Å². The number of rotatable bonds is 8. The van der Waals surface area contributed by atoms with Crippen molar-refractivity contribution in [3.63, 3.8) is 0 Å². The zero-order chi connectivity index (χ0) is 22.2.